The maximum atomic E-state index is 9.10. The second-order valence-electron chi connectivity index (χ2n) is 2.88. The van der Waals surface area contributed by atoms with Crippen molar-refractivity contribution in [1.82, 2.24) is 0 Å². The minimum Gasteiger partial charge on any atom is -0.508 e. The highest BCUT2D eigenvalue weighted by Gasteiger charge is 2.09. The van der Waals surface area contributed by atoms with E-state index in [1.165, 1.54) is 6.07 Å². The zero-order chi connectivity index (χ0) is 9.84. The van der Waals surface area contributed by atoms with Crippen LogP contribution in [0.1, 0.15) is 11.6 Å². The van der Waals surface area contributed by atoms with Gasteiger partial charge in [0.25, 0.3) is 0 Å². The number of phenols is 1. The van der Waals surface area contributed by atoms with E-state index in [4.69, 9.17) is 21.3 Å². The van der Waals surface area contributed by atoms with Gasteiger partial charge in [-0.2, -0.15) is 0 Å². The zero-order valence-electron chi connectivity index (χ0n) is 7.53. The summed E-state index contributed by atoms with van der Waals surface area (Å²) in [6, 6.07) is 4.49. The summed E-state index contributed by atoms with van der Waals surface area (Å²) in [6.07, 6.45) is 0. The molecule has 0 heterocycles. The first-order valence-corrected chi connectivity index (χ1v) is 3.98. The number of rotatable bonds is 3. The number of benzene rings is 1. The van der Waals surface area contributed by atoms with Crippen molar-refractivity contribution in [2.75, 3.05) is 19.5 Å². The van der Waals surface area contributed by atoms with Crippen molar-refractivity contribution >= 4 is 5.69 Å². The fraction of sp³-hybridized carbons (Fsp3) is 0.333. The van der Waals surface area contributed by atoms with Crippen molar-refractivity contribution in [3.8, 4) is 5.75 Å². The molecule has 0 bridgehead atoms. The molecule has 1 aromatic rings. The second-order valence-corrected chi connectivity index (χ2v) is 2.88. The summed E-state index contributed by atoms with van der Waals surface area (Å²) in [4.78, 5) is 0. The molecule has 0 unspecified atom stereocenters. The van der Waals surface area contributed by atoms with Crippen molar-refractivity contribution in [3.05, 3.63) is 23.8 Å². The Kier molecular flexibility index (Phi) is 3.11. The average Bonchev–Trinajstić information content (AvgIpc) is 2.04. The van der Waals surface area contributed by atoms with E-state index in [1.807, 2.05) is 0 Å². The second kappa shape index (κ2) is 4.11. The largest absolute Gasteiger partial charge is 0.508 e. The smallest absolute Gasteiger partial charge is 0.117 e. The van der Waals surface area contributed by atoms with Crippen molar-refractivity contribution < 1.29 is 9.84 Å². The molecular formula is C9H14N2O2. The molecule has 1 rings (SSSR count). The molecular weight excluding hydrogens is 168 g/mol. The quantitative estimate of drug-likeness (QED) is 0.598. The Hall–Kier alpha value is -1.26. The first-order valence-electron chi connectivity index (χ1n) is 3.98. The van der Waals surface area contributed by atoms with Gasteiger partial charge >= 0.3 is 0 Å². The van der Waals surface area contributed by atoms with Gasteiger partial charge in [-0.15, -0.1) is 0 Å². The molecule has 4 heteroatoms. The third kappa shape index (κ3) is 2.34. The Morgan fingerprint density at radius 2 is 2.23 bits per heavy atom. The van der Waals surface area contributed by atoms with Gasteiger partial charge < -0.3 is 21.3 Å². The van der Waals surface area contributed by atoms with Crippen LogP contribution in [-0.4, -0.2) is 18.8 Å². The maximum absolute atomic E-state index is 9.10. The van der Waals surface area contributed by atoms with Gasteiger partial charge in [0.1, 0.15) is 5.75 Å². The fourth-order valence-corrected chi connectivity index (χ4v) is 1.17. The number of anilines is 1. The summed E-state index contributed by atoms with van der Waals surface area (Å²) in [7, 11) is 1.58. The number of ether oxygens (including phenoxy) is 1. The predicted molar refractivity (Wildman–Crippen MR) is 51.3 cm³/mol. The topological polar surface area (TPSA) is 81.5 Å². The molecule has 0 radical (unpaired) electrons. The zero-order valence-corrected chi connectivity index (χ0v) is 7.53. The average molecular weight is 182 g/mol. The highest BCUT2D eigenvalue weighted by molar-refractivity contribution is 5.52. The van der Waals surface area contributed by atoms with Gasteiger partial charge in [-0.05, 0) is 11.6 Å². The van der Waals surface area contributed by atoms with E-state index in [-0.39, 0.29) is 11.8 Å². The van der Waals surface area contributed by atoms with E-state index in [9.17, 15) is 0 Å². The fourth-order valence-electron chi connectivity index (χ4n) is 1.17. The van der Waals surface area contributed by atoms with Crippen LogP contribution in [0.25, 0.3) is 0 Å². The molecule has 0 saturated heterocycles. The molecule has 0 saturated carbocycles. The summed E-state index contributed by atoms with van der Waals surface area (Å²) in [5.74, 6) is 0.144. The summed E-state index contributed by atoms with van der Waals surface area (Å²) in [5.41, 5.74) is 12.7. The number of aromatic hydroxyl groups is 1. The van der Waals surface area contributed by atoms with E-state index < -0.39 is 0 Å². The maximum Gasteiger partial charge on any atom is 0.117 e. The Bertz CT molecular complexity index is 289. The highest BCUT2D eigenvalue weighted by Crippen LogP contribution is 2.23. The molecule has 0 aromatic heterocycles. The lowest BCUT2D eigenvalue weighted by molar-refractivity contribution is 0.181. The molecule has 0 fully saturated rings. The Morgan fingerprint density at radius 3 is 2.77 bits per heavy atom. The van der Waals surface area contributed by atoms with Crippen LogP contribution in [0.2, 0.25) is 0 Å². The van der Waals surface area contributed by atoms with E-state index in [0.717, 1.165) is 5.56 Å². The predicted octanol–water partition coefficient (Wildman–Crippen LogP) is 0.621. The van der Waals surface area contributed by atoms with Gasteiger partial charge in [0, 0.05) is 18.9 Å². The van der Waals surface area contributed by atoms with Gasteiger partial charge in [0.15, 0.2) is 0 Å². The molecule has 1 atom stereocenters. The van der Waals surface area contributed by atoms with E-state index in [0.29, 0.717) is 12.3 Å². The number of hydrogen-bond donors (Lipinski definition) is 3. The lowest BCUT2D eigenvalue weighted by Crippen LogP contribution is -2.17. The van der Waals surface area contributed by atoms with Crippen molar-refractivity contribution in [2.24, 2.45) is 5.73 Å². The lowest BCUT2D eigenvalue weighted by atomic mass is 10.1. The Labute approximate surface area is 77.1 Å². The molecule has 0 aliphatic heterocycles. The van der Waals surface area contributed by atoms with Crippen molar-refractivity contribution in [3.63, 3.8) is 0 Å². The van der Waals surface area contributed by atoms with Crippen LogP contribution in [0.4, 0.5) is 5.69 Å². The molecule has 72 valence electrons. The minimum absolute atomic E-state index is 0.144. The molecule has 1 aromatic carbocycles. The molecule has 4 nitrogen and oxygen atoms in total. The van der Waals surface area contributed by atoms with Crippen LogP contribution < -0.4 is 11.5 Å². The van der Waals surface area contributed by atoms with E-state index in [2.05, 4.69) is 0 Å². The van der Waals surface area contributed by atoms with Gasteiger partial charge in [-0.3, -0.25) is 0 Å². The highest BCUT2D eigenvalue weighted by atomic mass is 16.5. The van der Waals surface area contributed by atoms with Crippen LogP contribution in [0.5, 0.6) is 5.75 Å². The molecule has 13 heavy (non-hydrogen) atoms. The molecule has 5 N–H and O–H groups in total. The van der Waals surface area contributed by atoms with Gasteiger partial charge in [-0.1, -0.05) is 6.07 Å². The van der Waals surface area contributed by atoms with Crippen LogP contribution >= 0.6 is 0 Å². The monoisotopic (exact) mass is 182 g/mol. The van der Waals surface area contributed by atoms with Crippen LogP contribution in [-0.2, 0) is 4.74 Å². The standard InChI is InChI=1S/C9H14N2O2/c1-13-5-9(11)7-3-2-6(12)4-8(7)10/h2-4,9,12H,5,10-11H2,1H3/t9-/m1/s1. The van der Waals surface area contributed by atoms with Crippen molar-refractivity contribution in [1.29, 1.82) is 0 Å². The molecule has 0 aliphatic rings. The van der Waals surface area contributed by atoms with Crippen LogP contribution in [0.3, 0.4) is 0 Å². The normalized spacial score (nSPS) is 12.8. The third-order valence-corrected chi connectivity index (χ3v) is 1.82. The van der Waals surface area contributed by atoms with Crippen LogP contribution in [0, 0.1) is 0 Å². The first-order chi connectivity index (χ1) is 6.15. The summed E-state index contributed by atoms with van der Waals surface area (Å²) in [5, 5.41) is 9.10. The van der Waals surface area contributed by atoms with Gasteiger partial charge in [0.05, 0.1) is 12.6 Å². The van der Waals surface area contributed by atoms with Crippen molar-refractivity contribution in [2.45, 2.75) is 6.04 Å². The number of phenolic OH excluding ortho intramolecular Hbond substituents is 1. The number of nitrogens with two attached hydrogens (primary N) is 2. The summed E-state index contributed by atoms with van der Waals surface area (Å²) in [6.45, 7) is 0.412. The summed E-state index contributed by atoms with van der Waals surface area (Å²) >= 11 is 0. The molecule has 0 aliphatic carbocycles. The Balaban J connectivity index is 2.88. The minimum atomic E-state index is -0.245. The number of hydrogen-bond acceptors (Lipinski definition) is 4. The lowest BCUT2D eigenvalue weighted by Gasteiger charge is -2.13. The van der Waals surface area contributed by atoms with E-state index >= 15 is 0 Å². The molecule has 0 spiro atoms. The van der Waals surface area contributed by atoms with E-state index in [1.54, 1.807) is 19.2 Å². The van der Waals surface area contributed by atoms with Gasteiger partial charge in [-0.25, -0.2) is 0 Å². The summed E-state index contributed by atoms with van der Waals surface area (Å²) < 4.78 is 4.90. The number of nitrogen functional groups attached to an aromatic ring is 1. The van der Waals surface area contributed by atoms with Gasteiger partial charge in [0.2, 0.25) is 0 Å². The first kappa shape index (κ1) is 9.83. The molecule has 0 amide bonds. The van der Waals surface area contributed by atoms with Crippen LogP contribution in [0.15, 0.2) is 18.2 Å². The SMILES string of the molecule is COC[C@@H](N)c1ccc(O)cc1N. The number of methoxy groups -OCH3 is 1. The Morgan fingerprint density at radius 1 is 1.54 bits per heavy atom. The third-order valence-electron chi connectivity index (χ3n) is 1.82.